The lowest BCUT2D eigenvalue weighted by atomic mass is 10.2. The Kier molecular flexibility index (Phi) is 5.06. The van der Waals surface area contributed by atoms with Crippen molar-refractivity contribution in [3.63, 3.8) is 0 Å². The molecule has 1 atom stereocenters. The first kappa shape index (κ1) is 18.4. The monoisotopic (exact) mass is 376 g/mol. The second-order valence-electron chi connectivity index (χ2n) is 5.89. The Morgan fingerprint density at radius 1 is 1.37 bits per heavy atom. The molecule has 1 aromatic carbocycles. The van der Waals surface area contributed by atoms with Crippen molar-refractivity contribution in [3.8, 4) is 0 Å². The van der Waals surface area contributed by atoms with E-state index >= 15 is 0 Å². The topological polar surface area (TPSA) is 105 Å². The number of halogens is 1. The van der Waals surface area contributed by atoms with Gasteiger partial charge in [-0.15, -0.1) is 0 Å². The van der Waals surface area contributed by atoms with Gasteiger partial charge in [-0.25, -0.2) is 14.1 Å². The molecule has 9 nitrogen and oxygen atoms in total. The zero-order valence-electron chi connectivity index (χ0n) is 14.6. The fourth-order valence-corrected chi connectivity index (χ4v) is 2.71. The number of rotatable bonds is 5. The molecule has 3 amide bonds. The molecule has 0 bridgehead atoms. The molecule has 0 aliphatic carbocycles. The predicted molar refractivity (Wildman–Crippen MR) is 92.0 cm³/mol. The van der Waals surface area contributed by atoms with Gasteiger partial charge >= 0.3 is 6.09 Å². The molecule has 27 heavy (non-hydrogen) atoms. The molecule has 2 heterocycles. The van der Waals surface area contributed by atoms with Crippen LogP contribution < -0.4 is 15.1 Å². The molecule has 0 radical (unpaired) electrons. The van der Waals surface area contributed by atoms with Gasteiger partial charge in [0.1, 0.15) is 11.9 Å². The average Bonchev–Trinajstić information content (AvgIpc) is 3.24. The minimum atomic E-state index is -0.725. The van der Waals surface area contributed by atoms with Gasteiger partial charge in [-0.2, -0.15) is 0 Å². The highest BCUT2D eigenvalue weighted by Gasteiger charge is 2.33. The number of cyclic esters (lactones) is 1. The van der Waals surface area contributed by atoms with Crippen LogP contribution in [0.1, 0.15) is 13.8 Å². The molecular formula is C17H17FN4O5. The van der Waals surface area contributed by atoms with Crippen molar-refractivity contribution in [2.24, 2.45) is 0 Å². The van der Waals surface area contributed by atoms with Crippen LogP contribution in [0.15, 0.2) is 35.0 Å². The van der Waals surface area contributed by atoms with Gasteiger partial charge in [0.15, 0.2) is 0 Å². The summed E-state index contributed by atoms with van der Waals surface area (Å²) < 4.78 is 24.8. The number of hydrogen-bond acceptors (Lipinski definition) is 6. The highest BCUT2D eigenvalue weighted by molar-refractivity contribution is 5.98. The maximum atomic E-state index is 14.7. The molecule has 1 aliphatic heterocycles. The number of amides is 3. The number of nitrogens with one attached hydrogen (secondary N) is 1. The van der Waals surface area contributed by atoms with Crippen molar-refractivity contribution in [2.45, 2.75) is 20.0 Å². The highest BCUT2D eigenvalue weighted by atomic mass is 19.1. The van der Waals surface area contributed by atoms with Crippen molar-refractivity contribution < 1.29 is 28.0 Å². The summed E-state index contributed by atoms with van der Waals surface area (Å²) in [6.45, 7) is 2.95. The van der Waals surface area contributed by atoms with E-state index in [1.54, 1.807) is 0 Å². The Balaban J connectivity index is 1.81. The molecule has 142 valence electrons. The molecule has 10 heteroatoms. The molecule has 2 aromatic rings. The van der Waals surface area contributed by atoms with E-state index in [9.17, 15) is 18.8 Å². The third-order valence-electron chi connectivity index (χ3n) is 3.90. The molecule has 0 saturated carbocycles. The van der Waals surface area contributed by atoms with E-state index in [4.69, 9.17) is 9.26 Å². The first-order chi connectivity index (χ1) is 12.9. The minimum Gasteiger partial charge on any atom is -0.442 e. The Labute approximate surface area is 153 Å². The second kappa shape index (κ2) is 7.44. The van der Waals surface area contributed by atoms with Crippen molar-refractivity contribution in [2.75, 3.05) is 22.9 Å². The Morgan fingerprint density at radius 3 is 2.74 bits per heavy atom. The SMILES string of the molecule is CC(=O)NC[C@H]1CN(c2ccc(N(C(C)=O)c3ccno3)c(F)c2)C(=O)O1. The third kappa shape index (κ3) is 3.89. The van der Waals surface area contributed by atoms with Crippen molar-refractivity contribution >= 4 is 35.2 Å². The Morgan fingerprint density at radius 2 is 2.15 bits per heavy atom. The number of carbonyl (C=O) groups is 3. The number of anilines is 3. The Bertz CT molecular complexity index is 870. The quantitative estimate of drug-likeness (QED) is 0.855. The van der Waals surface area contributed by atoms with Crippen LogP contribution in [-0.2, 0) is 14.3 Å². The summed E-state index contributed by atoms with van der Waals surface area (Å²) >= 11 is 0. The fourth-order valence-electron chi connectivity index (χ4n) is 2.71. The van der Waals surface area contributed by atoms with E-state index in [2.05, 4.69) is 10.5 Å². The largest absolute Gasteiger partial charge is 0.442 e. The second-order valence-corrected chi connectivity index (χ2v) is 5.89. The van der Waals surface area contributed by atoms with E-state index in [-0.39, 0.29) is 36.3 Å². The molecule has 1 N–H and O–H groups in total. The molecule has 1 aromatic heterocycles. The summed E-state index contributed by atoms with van der Waals surface area (Å²) in [6, 6.07) is 5.42. The standard InChI is InChI=1S/C17H17FN4O5/c1-10(23)19-8-13-9-21(17(25)26-13)12-3-4-15(14(18)7-12)22(11(2)24)16-5-6-20-27-16/h3-7,13H,8-9H2,1-2H3,(H,19,23)/t13-/m0/s1. The summed E-state index contributed by atoms with van der Waals surface area (Å²) in [6.07, 6.45) is 0.163. The first-order valence-electron chi connectivity index (χ1n) is 8.10. The highest BCUT2D eigenvalue weighted by Crippen LogP contribution is 2.32. The van der Waals surface area contributed by atoms with Crippen molar-refractivity contribution in [1.82, 2.24) is 10.5 Å². The molecule has 3 rings (SSSR count). The molecular weight excluding hydrogens is 359 g/mol. The number of nitrogens with zero attached hydrogens (tertiary/aromatic N) is 3. The van der Waals surface area contributed by atoms with E-state index in [1.807, 2.05) is 0 Å². The Hall–Kier alpha value is -3.43. The van der Waals surface area contributed by atoms with Crippen LogP contribution in [0.3, 0.4) is 0 Å². The summed E-state index contributed by atoms with van der Waals surface area (Å²) in [5.41, 5.74) is 0.234. The number of aromatic nitrogens is 1. The number of benzene rings is 1. The molecule has 1 saturated heterocycles. The zero-order chi connectivity index (χ0) is 19.6. The summed E-state index contributed by atoms with van der Waals surface area (Å²) in [5.74, 6) is -1.35. The normalized spacial score (nSPS) is 16.2. The maximum Gasteiger partial charge on any atom is 0.414 e. The summed E-state index contributed by atoms with van der Waals surface area (Å²) in [4.78, 5) is 37.2. The van der Waals surface area contributed by atoms with Crippen LogP contribution in [0.2, 0.25) is 0 Å². The average molecular weight is 376 g/mol. The van der Waals surface area contributed by atoms with Crippen LogP contribution in [0, 0.1) is 5.82 Å². The van der Waals surface area contributed by atoms with Gasteiger partial charge in [-0.1, -0.05) is 5.16 Å². The number of ether oxygens (including phenoxy) is 1. The minimum absolute atomic E-state index is 0.0367. The van der Waals surface area contributed by atoms with Gasteiger partial charge in [0.25, 0.3) is 0 Å². The van der Waals surface area contributed by atoms with Crippen LogP contribution in [0.25, 0.3) is 0 Å². The fraction of sp³-hybridized carbons (Fsp3) is 0.294. The van der Waals surface area contributed by atoms with E-state index in [0.717, 1.165) is 11.0 Å². The molecule has 0 spiro atoms. The van der Waals surface area contributed by atoms with E-state index in [0.29, 0.717) is 0 Å². The van der Waals surface area contributed by atoms with Gasteiger partial charge in [0.05, 0.1) is 30.7 Å². The van der Waals surface area contributed by atoms with Gasteiger partial charge in [-0.05, 0) is 18.2 Å². The molecule has 0 unspecified atom stereocenters. The van der Waals surface area contributed by atoms with Crippen molar-refractivity contribution in [1.29, 1.82) is 0 Å². The van der Waals surface area contributed by atoms with Gasteiger partial charge in [-0.3, -0.25) is 14.5 Å². The molecule has 1 aliphatic rings. The van der Waals surface area contributed by atoms with Crippen LogP contribution in [-0.4, -0.2) is 42.3 Å². The smallest absolute Gasteiger partial charge is 0.414 e. The predicted octanol–water partition coefficient (Wildman–Crippen LogP) is 1.96. The summed E-state index contributed by atoms with van der Waals surface area (Å²) in [5, 5.41) is 6.08. The van der Waals surface area contributed by atoms with Gasteiger partial charge in [0.2, 0.25) is 17.7 Å². The maximum absolute atomic E-state index is 14.7. The van der Waals surface area contributed by atoms with E-state index in [1.165, 1.54) is 43.1 Å². The number of carbonyl (C=O) groups excluding carboxylic acids is 3. The first-order valence-corrected chi connectivity index (χ1v) is 8.10. The van der Waals surface area contributed by atoms with E-state index < -0.39 is 23.9 Å². The lowest BCUT2D eigenvalue weighted by Crippen LogP contribution is -2.33. The third-order valence-corrected chi connectivity index (χ3v) is 3.90. The van der Waals surface area contributed by atoms with Gasteiger partial charge in [0, 0.05) is 19.9 Å². The lowest BCUT2D eigenvalue weighted by molar-refractivity contribution is -0.119. The number of hydrogen-bond donors (Lipinski definition) is 1. The van der Waals surface area contributed by atoms with Gasteiger partial charge < -0.3 is 14.6 Å². The van der Waals surface area contributed by atoms with Crippen molar-refractivity contribution in [3.05, 3.63) is 36.3 Å². The summed E-state index contributed by atoms with van der Waals surface area (Å²) in [7, 11) is 0. The zero-order valence-corrected chi connectivity index (χ0v) is 14.6. The van der Waals surface area contributed by atoms with Crippen LogP contribution >= 0.6 is 0 Å². The van der Waals surface area contributed by atoms with Crippen LogP contribution in [0.5, 0.6) is 0 Å². The van der Waals surface area contributed by atoms with Crippen LogP contribution in [0.4, 0.5) is 26.4 Å². The molecule has 1 fully saturated rings. The lowest BCUT2D eigenvalue weighted by Gasteiger charge is -2.20.